The van der Waals surface area contributed by atoms with Crippen LogP contribution in [0.2, 0.25) is 0 Å². The highest BCUT2D eigenvalue weighted by atomic mass is 16.5. The lowest BCUT2D eigenvalue weighted by atomic mass is 10.1. The molecule has 1 atom stereocenters. The number of aromatic nitrogens is 1. The minimum Gasteiger partial charge on any atom is -0.357 e. The minimum absolute atomic E-state index is 0.0711. The smallest absolute Gasteiger partial charge is 0.275 e. The molecule has 8 heteroatoms. The van der Waals surface area contributed by atoms with Crippen LogP contribution in [0.1, 0.15) is 10.5 Å². The molecule has 0 bridgehead atoms. The second-order valence-electron chi connectivity index (χ2n) is 5.21. The Morgan fingerprint density at radius 1 is 1.04 bits per heavy atom. The van der Waals surface area contributed by atoms with Crippen molar-refractivity contribution in [3.63, 3.8) is 0 Å². The van der Waals surface area contributed by atoms with Gasteiger partial charge in [0.2, 0.25) is 0 Å². The molecule has 0 spiro atoms. The van der Waals surface area contributed by atoms with Gasteiger partial charge < -0.3 is 10.2 Å². The van der Waals surface area contributed by atoms with Crippen LogP contribution in [-0.2, 0) is 9.59 Å². The molecule has 1 aromatic heterocycles. The Balaban J connectivity index is 2.24. The summed E-state index contributed by atoms with van der Waals surface area (Å²) in [6.07, 6.45) is 1.54. The summed E-state index contributed by atoms with van der Waals surface area (Å²) < 4.78 is 0. The molecule has 0 saturated heterocycles. The van der Waals surface area contributed by atoms with E-state index in [-0.39, 0.29) is 5.69 Å². The number of pyridine rings is 1. The van der Waals surface area contributed by atoms with Crippen LogP contribution < -0.4 is 10.8 Å². The first-order valence-electron chi connectivity index (χ1n) is 7.43. The van der Waals surface area contributed by atoms with Gasteiger partial charge in [0.15, 0.2) is 6.04 Å². The van der Waals surface area contributed by atoms with E-state index in [4.69, 9.17) is 5.21 Å². The van der Waals surface area contributed by atoms with Crippen molar-refractivity contribution in [3.05, 3.63) is 54.4 Å². The number of likely N-dealkylation sites (N-methyl/N-ethyl adjacent to an activating group) is 2. The second kappa shape index (κ2) is 8.02. The summed E-state index contributed by atoms with van der Waals surface area (Å²) >= 11 is 0. The maximum Gasteiger partial charge on any atom is 0.275 e. The topological polar surface area (TPSA) is 112 Å². The average molecular weight is 342 g/mol. The third-order valence-corrected chi connectivity index (χ3v) is 3.65. The lowest BCUT2D eigenvalue weighted by Crippen LogP contribution is -2.54. The molecule has 1 heterocycles. The lowest BCUT2D eigenvalue weighted by Gasteiger charge is -2.24. The molecule has 1 aromatic carbocycles. The van der Waals surface area contributed by atoms with Crippen LogP contribution in [0.5, 0.6) is 0 Å². The first-order valence-corrected chi connectivity index (χ1v) is 7.43. The summed E-state index contributed by atoms with van der Waals surface area (Å²) in [7, 11) is 2.61. The molecule has 3 N–H and O–H groups in total. The number of hydroxylamine groups is 1. The number of nitrogens with zero attached hydrogens (tertiary/aromatic N) is 2. The van der Waals surface area contributed by atoms with Crippen molar-refractivity contribution < 1.29 is 19.6 Å². The Bertz CT molecular complexity index is 746. The van der Waals surface area contributed by atoms with Crippen LogP contribution in [0.25, 0.3) is 11.1 Å². The number of benzene rings is 1. The average Bonchev–Trinajstić information content (AvgIpc) is 2.67. The number of hydrogen-bond donors (Lipinski definition) is 3. The van der Waals surface area contributed by atoms with Crippen LogP contribution in [0.3, 0.4) is 0 Å². The quantitative estimate of drug-likeness (QED) is 0.415. The zero-order valence-electron chi connectivity index (χ0n) is 13.8. The molecule has 25 heavy (non-hydrogen) atoms. The summed E-state index contributed by atoms with van der Waals surface area (Å²) in [4.78, 5) is 41.0. The second-order valence-corrected chi connectivity index (χ2v) is 5.21. The van der Waals surface area contributed by atoms with E-state index in [9.17, 15) is 14.4 Å². The molecule has 0 fully saturated rings. The van der Waals surface area contributed by atoms with Crippen molar-refractivity contribution in [3.8, 4) is 11.1 Å². The van der Waals surface area contributed by atoms with Crippen LogP contribution in [0.15, 0.2) is 48.7 Å². The van der Waals surface area contributed by atoms with Gasteiger partial charge in [-0.15, -0.1) is 0 Å². The van der Waals surface area contributed by atoms with E-state index in [0.717, 1.165) is 16.0 Å². The summed E-state index contributed by atoms with van der Waals surface area (Å²) in [5.41, 5.74) is 3.23. The molecule has 0 saturated carbocycles. The van der Waals surface area contributed by atoms with Crippen molar-refractivity contribution in [2.45, 2.75) is 6.04 Å². The van der Waals surface area contributed by atoms with Gasteiger partial charge in [-0.3, -0.25) is 24.6 Å². The summed E-state index contributed by atoms with van der Waals surface area (Å²) in [6, 6.07) is 11.2. The van der Waals surface area contributed by atoms with E-state index in [0.29, 0.717) is 0 Å². The van der Waals surface area contributed by atoms with Crippen molar-refractivity contribution >= 4 is 17.7 Å². The Morgan fingerprint density at radius 3 is 2.24 bits per heavy atom. The van der Waals surface area contributed by atoms with Crippen molar-refractivity contribution in [2.24, 2.45) is 0 Å². The summed E-state index contributed by atoms with van der Waals surface area (Å²) in [6.45, 7) is 0. The van der Waals surface area contributed by atoms with Gasteiger partial charge in [-0.25, -0.2) is 5.48 Å². The molecule has 0 radical (unpaired) electrons. The van der Waals surface area contributed by atoms with Gasteiger partial charge >= 0.3 is 0 Å². The fraction of sp³-hybridized carbons (Fsp3) is 0.176. The zero-order chi connectivity index (χ0) is 18.4. The standard InChI is InChI=1S/C17H18N4O4/c1-18-15(22)14(16(23)20-25)21(2)17(24)13-9-8-12(10-19-13)11-6-4-3-5-7-11/h3-10,14,25H,1-2H3,(H,18,22)(H,20,23). The molecule has 8 nitrogen and oxygen atoms in total. The highest BCUT2D eigenvalue weighted by Crippen LogP contribution is 2.18. The van der Waals surface area contributed by atoms with E-state index in [1.165, 1.54) is 31.8 Å². The van der Waals surface area contributed by atoms with E-state index >= 15 is 0 Å². The highest BCUT2D eigenvalue weighted by Gasteiger charge is 2.33. The first-order chi connectivity index (χ1) is 12.0. The summed E-state index contributed by atoms with van der Waals surface area (Å²) in [5.74, 6) is -2.38. The number of carbonyl (C=O) groups excluding carboxylic acids is 3. The van der Waals surface area contributed by atoms with E-state index in [1.807, 2.05) is 30.3 Å². The maximum absolute atomic E-state index is 12.5. The van der Waals surface area contributed by atoms with Crippen LogP contribution in [0, 0.1) is 0 Å². The predicted molar refractivity (Wildman–Crippen MR) is 89.6 cm³/mol. The number of carbonyl (C=O) groups is 3. The summed E-state index contributed by atoms with van der Waals surface area (Å²) in [5, 5.41) is 11.1. The Kier molecular flexibility index (Phi) is 5.80. The maximum atomic E-state index is 12.5. The van der Waals surface area contributed by atoms with Crippen molar-refractivity contribution in [1.82, 2.24) is 20.7 Å². The molecule has 2 aromatic rings. The van der Waals surface area contributed by atoms with Crippen LogP contribution in [-0.4, -0.2) is 52.9 Å². The zero-order valence-corrected chi connectivity index (χ0v) is 13.8. The van der Waals surface area contributed by atoms with E-state index in [1.54, 1.807) is 6.07 Å². The van der Waals surface area contributed by atoms with Gasteiger partial charge in [-0.05, 0) is 11.6 Å². The molecular weight excluding hydrogens is 324 g/mol. The number of nitrogens with one attached hydrogen (secondary N) is 2. The monoisotopic (exact) mass is 342 g/mol. The fourth-order valence-electron chi connectivity index (χ4n) is 2.29. The van der Waals surface area contributed by atoms with E-state index in [2.05, 4.69) is 10.3 Å². The minimum atomic E-state index is -1.52. The Labute approximate surface area is 144 Å². The van der Waals surface area contributed by atoms with Gasteiger partial charge in [0.05, 0.1) is 0 Å². The number of rotatable bonds is 5. The molecule has 0 aliphatic carbocycles. The molecule has 2 rings (SSSR count). The van der Waals surface area contributed by atoms with Gasteiger partial charge in [0, 0.05) is 25.9 Å². The van der Waals surface area contributed by atoms with Gasteiger partial charge in [-0.2, -0.15) is 0 Å². The molecule has 130 valence electrons. The molecule has 0 aliphatic heterocycles. The molecule has 1 unspecified atom stereocenters. The van der Waals surface area contributed by atoms with Crippen molar-refractivity contribution in [1.29, 1.82) is 0 Å². The lowest BCUT2D eigenvalue weighted by molar-refractivity contribution is -0.140. The largest absolute Gasteiger partial charge is 0.357 e. The van der Waals surface area contributed by atoms with Gasteiger partial charge in [0.25, 0.3) is 17.7 Å². The third kappa shape index (κ3) is 3.99. The van der Waals surface area contributed by atoms with Crippen molar-refractivity contribution in [2.75, 3.05) is 14.1 Å². The van der Waals surface area contributed by atoms with Gasteiger partial charge in [0.1, 0.15) is 5.69 Å². The third-order valence-electron chi connectivity index (χ3n) is 3.65. The molecular formula is C17H18N4O4. The Hall–Kier alpha value is -3.26. The molecule has 3 amide bonds. The van der Waals surface area contributed by atoms with Crippen LogP contribution >= 0.6 is 0 Å². The highest BCUT2D eigenvalue weighted by molar-refractivity contribution is 6.08. The first kappa shape index (κ1) is 18.1. The fourth-order valence-corrected chi connectivity index (χ4v) is 2.29. The Morgan fingerprint density at radius 2 is 1.72 bits per heavy atom. The normalized spacial score (nSPS) is 11.3. The van der Waals surface area contributed by atoms with E-state index < -0.39 is 23.8 Å². The van der Waals surface area contributed by atoms with Gasteiger partial charge in [-0.1, -0.05) is 36.4 Å². The predicted octanol–water partition coefficient (Wildman–Crippen LogP) is 0.441. The molecule has 0 aliphatic rings. The number of hydrogen-bond acceptors (Lipinski definition) is 5. The number of amides is 3. The SMILES string of the molecule is CNC(=O)C(C(=O)NO)N(C)C(=O)c1ccc(-c2ccccc2)cn1. The van der Waals surface area contributed by atoms with Crippen LogP contribution in [0.4, 0.5) is 0 Å².